The number of nitrogens with zero attached hydrogens (tertiary/aromatic N) is 1. The molecule has 0 bridgehead atoms. The van der Waals surface area contributed by atoms with Crippen molar-refractivity contribution in [2.45, 2.75) is 17.1 Å². The number of benzene rings is 1. The van der Waals surface area contributed by atoms with Crippen molar-refractivity contribution in [2.75, 3.05) is 0 Å². The van der Waals surface area contributed by atoms with Crippen molar-refractivity contribution < 1.29 is 10.3 Å². The molecule has 0 heterocycles. The molecule has 15 heavy (non-hydrogen) atoms. The van der Waals surface area contributed by atoms with Crippen LogP contribution in [0.25, 0.3) is 0 Å². The van der Waals surface area contributed by atoms with Crippen LogP contribution in [0.5, 0.6) is 0 Å². The Labute approximate surface area is 100.0 Å². The van der Waals surface area contributed by atoms with E-state index in [1.807, 2.05) is 0 Å². The van der Waals surface area contributed by atoms with Crippen molar-refractivity contribution in [2.24, 2.45) is 0 Å². The molecule has 0 saturated heterocycles. The van der Waals surface area contributed by atoms with Gasteiger partial charge in [0, 0.05) is 0 Å². The third kappa shape index (κ3) is 7.39. The standard InChI is InChI=1S/C9H13AsBr.HNO3/c1-10(2,3)8-4-6-9(11)7-5-8;2-1(3)4/h4-7H,1-3H3;(H,2,3,4)/q+1;. The molecule has 0 spiro atoms. The largest absolute Gasteiger partial charge is 0.328 e. The second-order valence-corrected chi connectivity index (χ2v) is 14.2. The molecule has 0 amide bonds. The molecule has 0 fully saturated rings. The molecule has 0 aromatic heterocycles. The molecule has 1 rings (SSSR count). The number of hydrogen-bond acceptors (Lipinski definition) is 2. The van der Waals surface area contributed by atoms with Crippen LogP contribution in [-0.2, 0) is 0 Å². The Balaban J connectivity index is 0.000000423. The van der Waals surface area contributed by atoms with Gasteiger partial charge in [0.25, 0.3) is 5.09 Å². The molecule has 1 aromatic rings. The molecule has 0 saturated carbocycles. The molecule has 0 unspecified atom stereocenters. The Hall–Kier alpha value is -0.542. The Bertz CT molecular complexity index is 317. The van der Waals surface area contributed by atoms with E-state index in [4.69, 9.17) is 15.3 Å². The third-order valence-electron chi connectivity index (χ3n) is 1.60. The first-order chi connectivity index (χ1) is 6.73. The Morgan fingerprint density at radius 1 is 1.27 bits per heavy atom. The van der Waals surface area contributed by atoms with Gasteiger partial charge in [-0.15, -0.1) is 10.1 Å². The van der Waals surface area contributed by atoms with Crippen LogP contribution in [0, 0.1) is 10.1 Å². The van der Waals surface area contributed by atoms with Crippen LogP contribution in [0.15, 0.2) is 28.7 Å². The summed E-state index contributed by atoms with van der Waals surface area (Å²) in [4.78, 5) is 8.36. The van der Waals surface area contributed by atoms with E-state index in [2.05, 4.69) is 57.3 Å². The van der Waals surface area contributed by atoms with E-state index < -0.39 is 18.6 Å². The molecule has 0 aliphatic heterocycles. The van der Waals surface area contributed by atoms with Crippen LogP contribution in [0.1, 0.15) is 0 Å². The van der Waals surface area contributed by atoms with Gasteiger partial charge in [-0.2, -0.15) is 0 Å². The van der Waals surface area contributed by atoms with E-state index in [1.54, 1.807) is 4.35 Å². The van der Waals surface area contributed by atoms with Gasteiger partial charge in [0.05, 0.1) is 0 Å². The normalized spacial score (nSPS) is 10.1. The first-order valence-corrected chi connectivity index (χ1v) is 11.5. The summed E-state index contributed by atoms with van der Waals surface area (Å²) in [6.07, 6.45) is 0. The number of halogens is 1. The molecule has 1 aromatic carbocycles. The third-order valence-corrected chi connectivity index (χ3v) is 6.01. The van der Waals surface area contributed by atoms with Gasteiger partial charge in [-0.05, 0) is 0 Å². The maximum atomic E-state index is 8.36. The van der Waals surface area contributed by atoms with Crippen LogP contribution in [-0.4, -0.2) is 23.8 Å². The molecule has 0 aliphatic carbocycles. The Morgan fingerprint density at radius 2 is 1.60 bits per heavy atom. The number of hydrogen-bond donors (Lipinski definition) is 1. The van der Waals surface area contributed by atoms with Crippen molar-refractivity contribution in [3.63, 3.8) is 0 Å². The van der Waals surface area contributed by atoms with E-state index >= 15 is 0 Å². The fraction of sp³-hybridized carbons (Fsp3) is 0.333. The second-order valence-electron chi connectivity index (χ2n) is 3.73. The summed E-state index contributed by atoms with van der Waals surface area (Å²) in [6, 6.07) is 8.72. The average molecular weight is 339 g/mol. The first kappa shape index (κ1) is 14.5. The zero-order chi connectivity index (χ0) is 12.1. The average Bonchev–Trinajstić information content (AvgIpc) is 2.01. The smallest absolute Gasteiger partial charge is 0.291 e. The van der Waals surface area contributed by atoms with E-state index in [-0.39, 0.29) is 0 Å². The van der Waals surface area contributed by atoms with Gasteiger partial charge in [-0.3, -0.25) is 0 Å². The maximum absolute atomic E-state index is 8.36. The summed E-state index contributed by atoms with van der Waals surface area (Å²) in [5, 5.41) is 13.6. The van der Waals surface area contributed by atoms with E-state index in [1.165, 1.54) is 4.47 Å². The molecule has 84 valence electrons. The van der Waals surface area contributed by atoms with Gasteiger partial charge in [0.1, 0.15) is 0 Å². The topological polar surface area (TPSA) is 63.4 Å². The SMILES string of the molecule is C[As+](C)(C)c1ccc(Br)cc1.O=[N+]([O-])O. The van der Waals surface area contributed by atoms with Crippen LogP contribution in [0.2, 0.25) is 17.1 Å². The van der Waals surface area contributed by atoms with Gasteiger partial charge >= 0.3 is 79.7 Å². The monoisotopic (exact) mass is 338 g/mol. The molecule has 0 aliphatic rings. The summed E-state index contributed by atoms with van der Waals surface area (Å²) >= 11 is 2.04. The summed E-state index contributed by atoms with van der Waals surface area (Å²) in [6.45, 7) is 0. The van der Waals surface area contributed by atoms with Gasteiger partial charge < -0.3 is 5.21 Å². The quantitative estimate of drug-likeness (QED) is 0.486. The van der Waals surface area contributed by atoms with Crippen LogP contribution >= 0.6 is 15.9 Å². The Kier molecular flexibility index (Phi) is 5.91. The molecule has 6 heteroatoms. The van der Waals surface area contributed by atoms with E-state index in [0.29, 0.717) is 0 Å². The molecular formula is C9H14AsBrNO3+. The van der Waals surface area contributed by atoms with Gasteiger partial charge in [-0.1, -0.05) is 0 Å². The fourth-order valence-corrected chi connectivity index (χ4v) is 3.34. The summed E-state index contributed by atoms with van der Waals surface area (Å²) in [5.41, 5.74) is 7.17. The van der Waals surface area contributed by atoms with E-state index in [0.717, 1.165) is 0 Å². The predicted octanol–water partition coefficient (Wildman–Crippen LogP) is 2.65. The van der Waals surface area contributed by atoms with E-state index in [9.17, 15) is 0 Å². The van der Waals surface area contributed by atoms with Crippen LogP contribution < -0.4 is 4.35 Å². The summed E-state index contributed by atoms with van der Waals surface area (Å²) < 4.78 is 2.72. The molecule has 4 nitrogen and oxygen atoms in total. The zero-order valence-corrected chi connectivity index (χ0v) is 12.3. The van der Waals surface area contributed by atoms with Crippen molar-refractivity contribution in [1.82, 2.24) is 0 Å². The second kappa shape index (κ2) is 6.13. The fourth-order valence-electron chi connectivity index (χ4n) is 0.888. The minimum absolute atomic E-state index is 1.17. The molecular weight excluding hydrogens is 325 g/mol. The minimum atomic E-state index is -1.50. The Morgan fingerprint density at radius 3 is 1.87 bits per heavy atom. The van der Waals surface area contributed by atoms with Gasteiger partial charge in [0.2, 0.25) is 0 Å². The van der Waals surface area contributed by atoms with Gasteiger partial charge in [0.15, 0.2) is 0 Å². The maximum Gasteiger partial charge on any atom is 0.291 e. The molecule has 1 N–H and O–H groups in total. The van der Waals surface area contributed by atoms with Crippen LogP contribution in [0.4, 0.5) is 0 Å². The molecule has 0 radical (unpaired) electrons. The molecule has 0 atom stereocenters. The van der Waals surface area contributed by atoms with Crippen molar-refractivity contribution in [3.05, 3.63) is 38.9 Å². The van der Waals surface area contributed by atoms with Crippen LogP contribution in [0.3, 0.4) is 0 Å². The summed E-state index contributed by atoms with van der Waals surface area (Å²) in [5.74, 6) is 0. The van der Waals surface area contributed by atoms with Crippen molar-refractivity contribution in [1.29, 1.82) is 0 Å². The minimum Gasteiger partial charge on any atom is -0.328 e. The van der Waals surface area contributed by atoms with Gasteiger partial charge in [-0.25, -0.2) is 0 Å². The van der Waals surface area contributed by atoms with Crippen molar-refractivity contribution in [3.8, 4) is 0 Å². The predicted molar refractivity (Wildman–Crippen MR) is 65.9 cm³/mol. The first-order valence-electron chi connectivity index (χ1n) is 4.14. The summed E-state index contributed by atoms with van der Waals surface area (Å²) in [7, 11) is 0. The van der Waals surface area contributed by atoms with Crippen molar-refractivity contribution >= 4 is 33.8 Å². The zero-order valence-electron chi connectivity index (χ0n) is 8.85. The number of rotatable bonds is 1.